The maximum atomic E-state index is 6.15. The van der Waals surface area contributed by atoms with Crippen molar-refractivity contribution in [3.05, 3.63) is 23.7 Å². The lowest BCUT2D eigenvalue weighted by atomic mass is 10.3. The molecule has 1 unspecified atom stereocenters. The van der Waals surface area contributed by atoms with E-state index in [9.17, 15) is 0 Å². The summed E-state index contributed by atoms with van der Waals surface area (Å²) in [5.74, 6) is 0.893. The summed E-state index contributed by atoms with van der Waals surface area (Å²) in [7, 11) is 0. The highest BCUT2D eigenvalue weighted by Gasteiger charge is 2.17. The van der Waals surface area contributed by atoms with E-state index in [1.165, 1.54) is 0 Å². The quantitative estimate of drug-likeness (QED) is 0.747. The Morgan fingerprint density at radius 2 is 2.00 bits per heavy atom. The molecule has 0 bridgehead atoms. The summed E-state index contributed by atoms with van der Waals surface area (Å²) in [6.45, 7) is 8.19. The summed E-state index contributed by atoms with van der Waals surface area (Å²) < 4.78 is 2.10. The lowest BCUT2D eigenvalue weighted by molar-refractivity contribution is 0.580. The zero-order valence-electron chi connectivity index (χ0n) is 10.0. The number of hydrogen-bond acceptors (Lipinski definition) is 2. The Labute approximate surface area is 100 Å². The van der Waals surface area contributed by atoms with Crippen molar-refractivity contribution < 1.29 is 0 Å². The number of alkyl halides is 1. The Kier molecular flexibility index (Phi) is 2.89. The first-order chi connectivity index (χ1) is 7.50. The van der Waals surface area contributed by atoms with Gasteiger partial charge in [0, 0.05) is 12.2 Å². The van der Waals surface area contributed by atoms with E-state index < -0.39 is 0 Å². The Morgan fingerprint density at radius 3 is 2.56 bits per heavy atom. The SMILES string of the molecule is Cc1cnc2c(c1)nc(C(C)Cl)n2C(C)C. The third-order valence-electron chi connectivity index (χ3n) is 2.57. The molecule has 0 radical (unpaired) electrons. The van der Waals surface area contributed by atoms with Gasteiger partial charge >= 0.3 is 0 Å². The van der Waals surface area contributed by atoms with Crippen LogP contribution < -0.4 is 0 Å². The number of nitrogens with zero attached hydrogens (tertiary/aromatic N) is 3. The molecule has 16 heavy (non-hydrogen) atoms. The minimum Gasteiger partial charge on any atom is -0.309 e. The van der Waals surface area contributed by atoms with Gasteiger partial charge < -0.3 is 4.57 Å². The maximum Gasteiger partial charge on any atom is 0.160 e. The predicted octanol–water partition coefficient (Wildman–Crippen LogP) is 3.62. The van der Waals surface area contributed by atoms with Crippen LogP contribution in [0.1, 0.15) is 43.6 Å². The van der Waals surface area contributed by atoms with Gasteiger partial charge in [-0.1, -0.05) is 0 Å². The number of hydrogen-bond donors (Lipinski definition) is 0. The number of aromatic nitrogens is 3. The third-order valence-corrected chi connectivity index (χ3v) is 2.76. The Morgan fingerprint density at radius 1 is 1.31 bits per heavy atom. The van der Waals surface area contributed by atoms with Crippen molar-refractivity contribution in [2.75, 3.05) is 0 Å². The monoisotopic (exact) mass is 237 g/mol. The fourth-order valence-corrected chi connectivity index (χ4v) is 2.04. The van der Waals surface area contributed by atoms with E-state index >= 15 is 0 Å². The van der Waals surface area contributed by atoms with Crippen LogP contribution in [0, 0.1) is 6.92 Å². The average Bonchev–Trinajstić information content (AvgIpc) is 2.55. The van der Waals surface area contributed by atoms with E-state index in [1.807, 2.05) is 26.1 Å². The zero-order valence-corrected chi connectivity index (χ0v) is 10.8. The number of aryl methyl sites for hydroxylation is 1. The molecule has 0 saturated heterocycles. The second kappa shape index (κ2) is 4.06. The van der Waals surface area contributed by atoms with Crippen LogP contribution in [0.15, 0.2) is 12.3 Å². The molecule has 0 saturated carbocycles. The van der Waals surface area contributed by atoms with Crippen molar-refractivity contribution in [3.8, 4) is 0 Å². The van der Waals surface area contributed by atoms with Gasteiger partial charge in [0.2, 0.25) is 0 Å². The standard InChI is InChI=1S/C12H16ClN3/c1-7(2)16-11(9(4)13)15-10-5-8(3)6-14-12(10)16/h5-7,9H,1-4H3. The van der Waals surface area contributed by atoms with Gasteiger partial charge in [-0.05, 0) is 39.3 Å². The van der Waals surface area contributed by atoms with Crippen LogP contribution >= 0.6 is 11.6 Å². The summed E-state index contributed by atoms with van der Waals surface area (Å²) in [6, 6.07) is 2.36. The first kappa shape index (κ1) is 11.4. The summed E-state index contributed by atoms with van der Waals surface area (Å²) in [4.78, 5) is 9.01. The molecule has 2 rings (SSSR count). The topological polar surface area (TPSA) is 30.7 Å². The van der Waals surface area contributed by atoms with E-state index in [1.54, 1.807) is 0 Å². The van der Waals surface area contributed by atoms with Crippen LogP contribution in [-0.4, -0.2) is 14.5 Å². The van der Waals surface area contributed by atoms with Crippen LogP contribution in [0.25, 0.3) is 11.2 Å². The van der Waals surface area contributed by atoms with E-state index in [4.69, 9.17) is 11.6 Å². The molecule has 1 atom stereocenters. The van der Waals surface area contributed by atoms with Gasteiger partial charge in [-0.25, -0.2) is 9.97 Å². The van der Waals surface area contributed by atoms with Gasteiger partial charge in [0.25, 0.3) is 0 Å². The minimum absolute atomic E-state index is 0.100. The second-order valence-electron chi connectivity index (χ2n) is 4.41. The third kappa shape index (κ3) is 1.80. The highest BCUT2D eigenvalue weighted by Crippen LogP contribution is 2.26. The molecule has 0 fully saturated rings. The number of pyridine rings is 1. The van der Waals surface area contributed by atoms with Gasteiger partial charge in [0.15, 0.2) is 5.65 Å². The van der Waals surface area contributed by atoms with Crippen LogP contribution in [0.2, 0.25) is 0 Å². The smallest absolute Gasteiger partial charge is 0.160 e. The second-order valence-corrected chi connectivity index (χ2v) is 5.06. The molecule has 2 heterocycles. The summed E-state index contributed by atoms with van der Waals surface area (Å²) in [5.41, 5.74) is 2.97. The Balaban J connectivity index is 2.75. The van der Waals surface area contributed by atoms with E-state index in [-0.39, 0.29) is 5.38 Å². The average molecular weight is 238 g/mol. The zero-order chi connectivity index (χ0) is 11.9. The van der Waals surface area contributed by atoms with Gasteiger partial charge in [-0.2, -0.15) is 0 Å². The summed E-state index contributed by atoms with van der Waals surface area (Å²) in [5, 5.41) is -0.100. The molecule has 0 spiro atoms. The molecule has 2 aromatic rings. The Hall–Kier alpha value is -1.09. The van der Waals surface area contributed by atoms with Crippen molar-refractivity contribution in [2.45, 2.75) is 39.1 Å². The Bertz CT molecular complexity index is 514. The fraction of sp³-hybridized carbons (Fsp3) is 0.500. The summed E-state index contributed by atoms with van der Waals surface area (Å²) >= 11 is 6.15. The molecule has 0 N–H and O–H groups in total. The number of imidazole rings is 1. The van der Waals surface area contributed by atoms with Crippen molar-refractivity contribution >= 4 is 22.8 Å². The minimum atomic E-state index is -0.100. The molecule has 0 amide bonds. The van der Waals surface area contributed by atoms with Crippen molar-refractivity contribution in [3.63, 3.8) is 0 Å². The number of fused-ring (bicyclic) bond motifs is 1. The largest absolute Gasteiger partial charge is 0.309 e. The molecule has 2 aromatic heterocycles. The van der Waals surface area contributed by atoms with Gasteiger partial charge in [0.1, 0.15) is 11.3 Å². The van der Waals surface area contributed by atoms with Crippen LogP contribution in [0.4, 0.5) is 0 Å². The lowest BCUT2D eigenvalue weighted by Gasteiger charge is -2.13. The molecule has 0 aromatic carbocycles. The molecule has 0 aliphatic carbocycles. The van der Waals surface area contributed by atoms with E-state index in [0.29, 0.717) is 6.04 Å². The molecular formula is C12H16ClN3. The maximum absolute atomic E-state index is 6.15. The molecule has 0 aliphatic rings. The fourth-order valence-electron chi connectivity index (χ4n) is 1.89. The first-order valence-electron chi connectivity index (χ1n) is 5.49. The van der Waals surface area contributed by atoms with Crippen LogP contribution in [0.5, 0.6) is 0 Å². The molecule has 3 nitrogen and oxygen atoms in total. The molecule has 0 aliphatic heterocycles. The highest BCUT2D eigenvalue weighted by atomic mass is 35.5. The summed E-state index contributed by atoms with van der Waals surface area (Å²) in [6.07, 6.45) is 1.87. The van der Waals surface area contributed by atoms with Crippen LogP contribution in [-0.2, 0) is 0 Å². The molecule has 4 heteroatoms. The van der Waals surface area contributed by atoms with Crippen molar-refractivity contribution in [1.82, 2.24) is 14.5 Å². The number of halogens is 1. The predicted molar refractivity (Wildman–Crippen MR) is 66.9 cm³/mol. The van der Waals surface area contributed by atoms with Gasteiger partial charge in [-0.3, -0.25) is 0 Å². The van der Waals surface area contributed by atoms with Crippen LogP contribution in [0.3, 0.4) is 0 Å². The first-order valence-corrected chi connectivity index (χ1v) is 5.93. The van der Waals surface area contributed by atoms with E-state index in [0.717, 1.165) is 22.6 Å². The van der Waals surface area contributed by atoms with Crippen molar-refractivity contribution in [1.29, 1.82) is 0 Å². The normalized spacial score (nSPS) is 13.6. The van der Waals surface area contributed by atoms with Gasteiger partial charge in [0.05, 0.1) is 5.38 Å². The van der Waals surface area contributed by atoms with Gasteiger partial charge in [-0.15, -0.1) is 11.6 Å². The lowest BCUT2D eigenvalue weighted by Crippen LogP contribution is -2.07. The molecule has 86 valence electrons. The van der Waals surface area contributed by atoms with Crippen molar-refractivity contribution in [2.24, 2.45) is 0 Å². The molecular weight excluding hydrogens is 222 g/mol. The highest BCUT2D eigenvalue weighted by molar-refractivity contribution is 6.20. The number of rotatable bonds is 2. The van der Waals surface area contributed by atoms with E-state index in [2.05, 4.69) is 28.4 Å².